The van der Waals surface area contributed by atoms with Gasteiger partial charge in [0.1, 0.15) is 23.1 Å². The number of rotatable bonds is 7. The van der Waals surface area contributed by atoms with Gasteiger partial charge in [0.05, 0.1) is 10.0 Å². The number of hydrogen-bond acceptors (Lipinski definition) is 5. The highest BCUT2D eigenvalue weighted by Crippen LogP contribution is 2.28. The summed E-state index contributed by atoms with van der Waals surface area (Å²) >= 11 is 13.4. The molecular formula is C23H17Cl2N3O2S. The predicted molar refractivity (Wildman–Crippen MR) is 124 cm³/mol. The van der Waals surface area contributed by atoms with Gasteiger partial charge in [0, 0.05) is 29.9 Å². The van der Waals surface area contributed by atoms with E-state index in [1.165, 1.54) is 11.3 Å². The molecule has 5 nitrogen and oxygen atoms in total. The Morgan fingerprint density at radius 2 is 1.84 bits per heavy atom. The van der Waals surface area contributed by atoms with Crippen LogP contribution in [-0.2, 0) is 13.2 Å². The van der Waals surface area contributed by atoms with Gasteiger partial charge in [0.15, 0.2) is 0 Å². The van der Waals surface area contributed by atoms with Crippen molar-refractivity contribution in [2.24, 2.45) is 0 Å². The maximum atomic E-state index is 12.4. The number of halogens is 2. The molecule has 1 amide bonds. The number of pyridine rings is 1. The lowest BCUT2D eigenvalue weighted by atomic mass is 10.2. The smallest absolute Gasteiger partial charge is 0.271 e. The minimum atomic E-state index is -0.216. The van der Waals surface area contributed by atoms with Gasteiger partial charge in [-0.2, -0.15) is 0 Å². The molecule has 0 aliphatic rings. The largest absolute Gasteiger partial charge is 0.489 e. The van der Waals surface area contributed by atoms with Gasteiger partial charge in [-0.3, -0.25) is 9.78 Å². The third-order valence-electron chi connectivity index (χ3n) is 4.41. The summed E-state index contributed by atoms with van der Waals surface area (Å²) in [6, 6.07) is 16.7. The topological polar surface area (TPSA) is 64.1 Å². The van der Waals surface area contributed by atoms with Crippen molar-refractivity contribution in [3.63, 3.8) is 0 Å². The Kier molecular flexibility index (Phi) is 6.82. The average Bonchev–Trinajstić information content (AvgIpc) is 3.30. The van der Waals surface area contributed by atoms with Crippen molar-refractivity contribution in [2.45, 2.75) is 13.2 Å². The van der Waals surface area contributed by atoms with E-state index in [9.17, 15) is 4.79 Å². The van der Waals surface area contributed by atoms with E-state index in [-0.39, 0.29) is 5.91 Å². The second-order valence-electron chi connectivity index (χ2n) is 6.64. The van der Waals surface area contributed by atoms with Crippen LogP contribution in [-0.4, -0.2) is 15.9 Å². The van der Waals surface area contributed by atoms with Crippen LogP contribution in [0.25, 0.3) is 10.6 Å². The summed E-state index contributed by atoms with van der Waals surface area (Å²) in [4.78, 5) is 20.9. The molecule has 31 heavy (non-hydrogen) atoms. The van der Waals surface area contributed by atoms with E-state index in [0.717, 1.165) is 21.7 Å². The Morgan fingerprint density at radius 1 is 1.00 bits per heavy atom. The highest BCUT2D eigenvalue weighted by Gasteiger charge is 2.12. The monoisotopic (exact) mass is 469 g/mol. The molecule has 1 N–H and O–H groups in total. The van der Waals surface area contributed by atoms with Gasteiger partial charge in [-0.25, -0.2) is 4.98 Å². The number of carbonyl (C=O) groups is 1. The molecule has 4 rings (SSSR count). The predicted octanol–water partition coefficient (Wildman–Crippen LogP) is 6.02. The molecule has 0 spiro atoms. The van der Waals surface area contributed by atoms with E-state index >= 15 is 0 Å². The van der Waals surface area contributed by atoms with Crippen LogP contribution in [0.5, 0.6) is 5.75 Å². The Bertz CT molecular complexity index is 1200. The van der Waals surface area contributed by atoms with Gasteiger partial charge < -0.3 is 10.1 Å². The van der Waals surface area contributed by atoms with Crippen LogP contribution in [0.1, 0.15) is 21.6 Å². The van der Waals surface area contributed by atoms with Crippen molar-refractivity contribution in [1.82, 2.24) is 15.3 Å². The van der Waals surface area contributed by atoms with Crippen molar-refractivity contribution in [1.29, 1.82) is 0 Å². The van der Waals surface area contributed by atoms with Gasteiger partial charge >= 0.3 is 0 Å². The second kappa shape index (κ2) is 9.92. The highest BCUT2D eigenvalue weighted by molar-refractivity contribution is 7.13. The zero-order valence-electron chi connectivity index (χ0n) is 16.2. The van der Waals surface area contributed by atoms with E-state index in [4.69, 9.17) is 27.9 Å². The molecule has 0 atom stereocenters. The first kappa shape index (κ1) is 21.3. The number of benzene rings is 2. The van der Waals surface area contributed by atoms with Gasteiger partial charge in [0.25, 0.3) is 5.91 Å². The summed E-state index contributed by atoms with van der Waals surface area (Å²) in [5.41, 5.74) is 3.16. The number of nitrogens with one attached hydrogen (secondary N) is 1. The number of thiazole rings is 1. The number of hydrogen-bond donors (Lipinski definition) is 1. The van der Waals surface area contributed by atoms with Crippen molar-refractivity contribution >= 4 is 40.4 Å². The van der Waals surface area contributed by atoms with Crippen LogP contribution in [0.3, 0.4) is 0 Å². The van der Waals surface area contributed by atoms with Crippen molar-refractivity contribution in [3.05, 3.63) is 99.2 Å². The minimum absolute atomic E-state index is 0.216. The molecule has 8 heteroatoms. The fraction of sp³-hybridized carbons (Fsp3) is 0.0870. The van der Waals surface area contributed by atoms with Gasteiger partial charge in [-0.15, -0.1) is 11.3 Å². The Morgan fingerprint density at radius 3 is 2.65 bits per heavy atom. The first-order valence-corrected chi connectivity index (χ1v) is 11.0. The summed E-state index contributed by atoms with van der Waals surface area (Å²) in [6.07, 6.45) is 3.39. The van der Waals surface area contributed by atoms with Crippen LogP contribution < -0.4 is 10.1 Å². The number of aromatic nitrogens is 2. The fourth-order valence-corrected chi connectivity index (χ4v) is 3.92. The molecule has 0 fully saturated rings. The standard InChI is InChI=1S/C23H17Cl2N3O2S/c24-19-5-4-16(10-20(19)25)13-30-18-3-1-2-17(11-18)23-28-21(14-31-23)22(29)27-12-15-6-8-26-9-7-15/h1-11,14H,12-13H2,(H,27,29). The summed E-state index contributed by atoms with van der Waals surface area (Å²) in [6.45, 7) is 0.785. The summed E-state index contributed by atoms with van der Waals surface area (Å²) in [5.74, 6) is 0.480. The number of amides is 1. The van der Waals surface area contributed by atoms with Crippen molar-refractivity contribution < 1.29 is 9.53 Å². The summed E-state index contributed by atoms with van der Waals surface area (Å²) in [7, 11) is 0. The Hall–Kier alpha value is -2.93. The number of nitrogens with zero attached hydrogens (tertiary/aromatic N) is 2. The van der Waals surface area contributed by atoms with Crippen LogP contribution in [0.2, 0.25) is 10.0 Å². The first-order chi connectivity index (χ1) is 15.1. The van der Waals surface area contributed by atoms with E-state index in [1.807, 2.05) is 42.5 Å². The molecule has 2 aromatic heterocycles. The third kappa shape index (κ3) is 5.61. The Balaban J connectivity index is 1.40. The maximum absolute atomic E-state index is 12.4. The molecule has 2 aromatic carbocycles. The molecule has 2 heterocycles. The van der Waals surface area contributed by atoms with E-state index < -0.39 is 0 Å². The molecule has 4 aromatic rings. The van der Waals surface area contributed by atoms with Gasteiger partial charge in [0.2, 0.25) is 0 Å². The van der Waals surface area contributed by atoms with E-state index in [1.54, 1.807) is 29.9 Å². The van der Waals surface area contributed by atoms with Gasteiger partial charge in [-0.1, -0.05) is 41.4 Å². The lowest BCUT2D eigenvalue weighted by molar-refractivity contribution is 0.0946. The highest BCUT2D eigenvalue weighted by atomic mass is 35.5. The number of carbonyl (C=O) groups excluding carboxylic acids is 1. The molecule has 0 radical (unpaired) electrons. The van der Waals surface area contributed by atoms with Crippen LogP contribution in [0.4, 0.5) is 0 Å². The van der Waals surface area contributed by atoms with Crippen LogP contribution in [0.15, 0.2) is 72.4 Å². The molecule has 0 saturated carbocycles. The molecule has 0 aliphatic heterocycles. The van der Waals surface area contributed by atoms with Crippen molar-refractivity contribution in [2.75, 3.05) is 0 Å². The molecule has 0 unspecified atom stereocenters. The second-order valence-corrected chi connectivity index (χ2v) is 8.31. The first-order valence-electron chi connectivity index (χ1n) is 9.38. The molecular weight excluding hydrogens is 453 g/mol. The lowest BCUT2D eigenvalue weighted by Crippen LogP contribution is -2.23. The average molecular weight is 470 g/mol. The van der Waals surface area contributed by atoms with Crippen LogP contribution in [0, 0.1) is 0 Å². The molecule has 0 bridgehead atoms. The van der Waals surface area contributed by atoms with Gasteiger partial charge in [-0.05, 0) is 47.5 Å². The zero-order valence-corrected chi connectivity index (χ0v) is 18.5. The maximum Gasteiger partial charge on any atom is 0.271 e. The van der Waals surface area contributed by atoms with E-state index in [0.29, 0.717) is 34.6 Å². The molecule has 0 aliphatic carbocycles. The number of ether oxygens (including phenoxy) is 1. The SMILES string of the molecule is O=C(NCc1ccncc1)c1csc(-c2cccc(OCc3ccc(Cl)c(Cl)c3)c2)n1. The normalized spacial score (nSPS) is 10.6. The van der Waals surface area contributed by atoms with Crippen molar-refractivity contribution in [3.8, 4) is 16.3 Å². The quantitative estimate of drug-likeness (QED) is 0.359. The lowest BCUT2D eigenvalue weighted by Gasteiger charge is -2.08. The minimum Gasteiger partial charge on any atom is -0.489 e. The molecule has 0 saturated heterocycles. The van der Waals surface area contributed by atoms with Crippen LogP contribution >= 0.6 is 34.5 Å². The Labute approximate surface area is 193 Å². The summed E-state index contributed by atoms with van der Waals surface area (Å²) < 4.78 is 5.88. The van der Waals surface area contributed by atoms with E-state index in [2.05, 4.69) is 15.3 Å². The zero-order chi connectivity index (χ0) is 21.6. The summed E-state index contributed by atoms with van der Waals surface area (Å²) in [5, 5.41) is 6.37. The fourth-order valence-electron chi connectivity index (χ4n) is 2.80. The third-order valence-corrected chi connectivity index (χ3v) is 6.04. The molecule has 156 valence electrons.